The van der Waals surface area contributed by atoms with Crippen LogP contribution in [-0.4, -0.2) is 54.1 Å². The lowest BCUT2D eigenvalue weighted by Gasteiger charge is -2.51. The fourth-order valence-corrected chi connectivity index (χ4v) is 6.29. The van der Waals surface area contributed by atoms with Crippen LogP contribution in [-0.2, 0) is 15.1 Å². The molecule has 37 heavy (non-hydrogen) atoms. The maximum Gasteiger partial charge on any atom is 0.410 e. The number of piperidine rings is 1. The molecule has 1 aliphatic carbocycles. The van der Waals surface area contributed by atoms with Gasteiger partial charge < -0.3 is 19.3 Å². The molecule has 0 aromatic heterocycles. The van der Waals surface area contributed by atoms with Crippen molar-refractivity contribution >= 4 is 6.09 Å². The van der Waals surface area contributed by atoms with Crippen LogP contribution in [0.4, 0.5) is 4.79 Å². The largest absolute Gasteiger partial charge is 0.491 e. The Labute approximate surface area is 217 Å². The first-order chi connectivity index (χ1) is 17.9. The number of morpholine rings is 1. The lowest BCUT2D eigenvalue weighted by atomic mass is 9.77. The number of nitrogens with zero attached hydrogens (tertiary/aromatic N) is 1. The zero-order valence-electron chi connectivity index (χ0n) is 21.3. The maximum atomic E-state index is 13.4. The van der Waals surface area contributed by atoms with Gasteiger partial charge in [0, 0.05) is 18.8 Å². The van der Waals surface area contributed by atoms with Gasteiger partial charge in [-0.15, -0.1) is 0 Å². The van der Waals surface area contributed by atoms with Gasteiger partial charge in [-0.3, -0.25) is 4.90 Å². The Balaban J connectivity index is 1.17. The Morgan fingerprint density at radius 1 is 0.946 bits per heavy atom. The molecule has 2 saturated heterocycles. The highest BCUT2D eigenvalue weighted by molar-refractivity contribution is 5.79. The first kappa shape index (κ1) is 24.0. The third-order valence-corrected chi connectivity index (χ3v) is 7.86. The summed E-state index contributed by atoms with van der Waals surface area (Å²) >= 11 is 0. The Morgan fingerprint density at radius 2 is 1.51 bits per heavy atom. The zero-order chi connectivity index (χ0) is 25.6. The maximum absolute atomic E-state index is 13.4. The van der Waals surface area contributed by atoms with E-state index in [2.05, 4.69) is 24.3 Å². The highest BCUT2D eigenvalue weighted by atomic mass is 16.6. The van der Waals surface area contributed by atoms with E-state index in [4.69, 9.17) is 14.2 Å². The molecule has 2 bridgehead atoms. The molecule has 2 atom stereocenters. The minimum absolute atomic E-state index is 0.0146. The normalized spacial score (nSPS) is 24.5. The number of hydrogen-bond donors (Lipinski definition) is 1. The van der Waals surface area contributed by atoms with Gasteiger partial charge in [-0.2, -0.15) is 0 Å². The van der Waals surface area contributed by atoms with Gasteiger partial charge in [0.05, 0.1) is 37.0 Å². The summed E-state index contributed by atoms with van der Waals surface area (Å²) in [7, 11) is 0. The summed E-state index contributed by atoms with van der Waals surface area (Å²) in [6, 6.07) is 23.8. The number of hydrogen-bond acceptors (Lipinski definition) is 5. The lowest BCUT2D eigenvalue weighted by Crippen LogP contribution is -2.62. The van der Waals surface area contributed by atoms with E-state index < -0.39 is 5.60 Å². The van der Waals surface area contributed by atoms with E-state index in [1.165, 1.54) is 22.3 Å². The first-order valence-electron chi connectivity index (χ1n) is 13.1. The minimum Gasteiger partial charge on any atom is -0.491 e. The van der Waals surface area contributed by atoms with Gasteiger partial charge in [-0.05, 0) is 53.8 Å². The second kappa shape index (κ2) is 9.51. The average molecular weight is 500 g/mol. The van der Waals surface area contributed by atoms with Gasteiger partial charge >= 0.3 is 6.09 Å². The van der Waals surface area contributed by atoms with Crippen molar-refractivity contribution < 1.29 is 24.1 Å². The summed E-state index contributed by atoms with van der Waals surface area (Å²) in [5.74, 6) is 0.794. The number of fused-ring (bicyclic) bond motifs is 5. The van der Waals surface area contributed by atoms with Gasteiger partial charge in [0.15, 0.2) is 0 Å². The molecule has 3 aromatic rings. The summed E-state index contributed by atoms with van der Waals surface area (Å²) in [6.45, 7) is 5.03. The topological polar surface area (TPSA) is 68.2 Å². The van der Waals surface area contributed by atoms with Crippen molar-refractivity contribution in [2.75, 3.05) is 19.8 Å². The monoisotopic (exact) mass is 499 g/mol. The van der Waals surface area contributed by atoms with Gasteiger partial charge in [-0.1, -0.05) is 60.7 Å². The third kappa shape index (κ3) is 4.38. The second-order valence-electron chi connectivity index (χ2n) is 10.7. The number of ether oxygens (including phenoxy) is 3. The van der Waals surface area contributed by atoms with Crippen LogP contribution in [0, 0.1) is 0 Å². The van der Waals surface area contributed by atoms with E-state index in [0.29, 0.717) is 26.1 Å². The van der Waals surface area contributed by atoms with Crippen LogP contribution in [0.25, 0.3) is 11.1 Å². The molecule has 6 heteroatoms. The first-order valence-corrected chi connectivity index (χ1v) is 13.1. The Bertz CT molecular complexity index is 1230. The molecular formula is C31H33NO5. The van der Waals surface area contributed by atoms with Crippen molar-refractivity contribution in [2.24, 2.45) is 0 Å². The quantitative estimate of drug-likeness (QED) is 0.504. The third-order valence-electron chi connectivity index (χ3n) is 7.86. The molecule has 0 radical (unpaired) electrons. The van der Waals surface area contributed by atoms with E-state index in [0.717, 1.165) is 11.3 Å². The second-order valence-corrected chi connectivity index (χ2v) is 10.7. The molecule has 0 spiro atoms. The molecule has 1 N–H and O–H groups in total. The van der Waals surface area contributed by atoms with Crippen LogP contribution < -0.4 is 4.74 Å². The number of amides is 1. The van der Waals surface area contributed by atoms with Crippen LogP contribution in [0.3, 0.4) is 0 Å². The van der Waals surface area contributed by atoms with E-state index in [1.54, 1.807) is 4.90 Å². The average Bonchev–Trinajstić information content (AvgIpc) is 3.20. The van der Waals surface area contributed by atoms with Crippen molar-refractivity contribution in [2.45, 2.75) is 56.4 Å². The molecular weight excluding hydrogens is 466 g/mol. The van der Waals surface area contributed by atoms with Crippen molar-refractivity contribution in [1.82, 2.24) is 4.90 Å². The summed E-state index contributed by atoms with van der Waals surface area (Å²) < 4.78 is 17.5. The fraction of sp³-hybridized carbons (Fsp3) is 0.387. The zero-order valence-corrected chi connectivity index (χ0v) is 21.3. The van der Waals surface area contributed by atoms with E-state index >= 15 is 0 Å². The summed E-state index contributed by atoms with van der Waals surface area (Å²) in [6.07, 6.45) is 0.560. The molecule has 3 aliphatic rings. The summed E-state index contributed by atoms with van der Waals surface area (Å²) in [4.78, 5) is 15.2. The van der Waals surface area contributed by atoms with Crippen molar-refractivity contribution in [3.8, 4) is 16.9 Å². The standard InChI is InChI=1S/C31H33NO5/c1-20(2)37-24-13-11-21(12-14-24)31(34)15-22-17-35-18-23(16-31)32(22)30(33)36-19-29-27-9-5-3-7-25(27)26-8-4-6-10-28(26)29/h3-14,20,22-23,29,34H,15-19H2,1-2H3. The van der Waals surface area contributed by atoms with Crippen LogP contribution in [0.15, 0.2) is 72.8 Å². The Hall–Kier alpha value is -3.35. The van der Waals surface area contributed by atoms with Crippen LogP contribution in [0.5, 0.6) is 5.75 Å². The lowest BCUT2D eigenvalue weighted by molar-refractivity contribution is -0.136. The predicted octanol–water partition coefficient (Wildman–Crippen LogP) is 5.47. The highest BCUT2D eigenvalue weighted by Crippen LogP contribution is 2.45. The number of carbonyl (C=O) groups is 1. The molecule has 2 fully saturated rings. The molecule has 2 unspecified atom stereocenters. The minimum atomic E-state index is -1.03. The van der Waals surface area contributed by atoms with Crippen LogP contribution in [0.1, 0.15) is 49.3 Å². The molecule has 0 saturated carbocycles. The Morgan fingerprint density at radius 3 is 2.08 bits per heavy atom. The van der Waals surface area contributed by atoms with Crippen LogP contribution >= 0.6 is 0 Å². The van der Waals surface area contributed by atoms with Gasteiger partial charge in [0.2, 0.25) is 0 Å². The molecule has 6 nitrogen and oxygen atoms in total. The van der Waals surface area contributed by atoms with E-state index in [-0.39, 0.29) is 36.8 Å². The smallest absolute Gasteiger partial charge is 0.410 e. The SMILES string of the molecule is CC(C)Oc1ccc(C2(O)CC3COCC(C2)N3C(=O)OCC2c3ccccc3-c3ccccc32)cc1. The van der Waals surface area contributed by atoms with E-state index in [9.17, 15) is 9.90 Å². The molecule has 3 aromatic carbocycles. The summed E-state index contributed by atoms with van der Waals surface area (Å²) in [5, 5.41) is 11.7. The van der Waals surface area contributed by atoms with Crippen molar-refractivity contribution in [3.63, 3.8) is 0 Å². The van der Waals surface area contributed by atoms with Crippen molar-refractivity contribution in [3.05, 3.63) is 89.5 Å². The van der Waals surface area contributed by atoms with Crippen LogP contribution in [0.2, 0.25) is 0 Å². The Kier molecular flexibility index (Phi) is 6.17. The van der Waals surface area contributed by atoms with Gasteiger partial charge in [0.25, 0.3) is 0 Å². The fourth-order valence-electron chi connectivity index (χ4n) is 6.29. The highest BCUT2D eigenvalue weighted by Gasteiger charge is 2.49. The van der Waals surface area contributed by atoms with E-state index in [1.807, 2.05) is 62.4 Å². The van der Waals surface area contributed by atoms with Crippen molar-refractivity contribution in [1.29, 1.82) is 0 Å². The number of aliphatic hydroxyl groups is 1. The number of carbonyl (C=O) groups excluding carboxylic acids is 1. The molecule has 1 amide bonds. The summed E-state index contributed by atoms with van der Waals surface area (Å²) in [5.41, 5.74) is 4.60. The van der Waals surface area contributed by atoms with Gasteiger partial charge in [0.1, 0.15) is 12.4 Å². The number of benzene rings is 3. The molecule has 2 heterocycles. The predicted molar refractivity (Wildman–Crippen MR) is 141 cm³/mol. The molecule has 6 rings (SSSR count). The molecule has 192 valence electrons. The number of rotatable bonds is 5. The molecule has 2 aliphatic heterocycles. The van der Waals surface area contributed by atoms with Gasteiger partial charge in [-0.25, -0.2) is 4.79 Å².